The fraction of sp³-hybridized carbons (Fsp3) is 1.00. The number of unbranched alkanes of at least 4 members (excludes halogenated alkanes) is 1. The Morgan fingerprint density at radius 1 is 1.43 bits per heavy atom. The van der Waals surface area contributed by atoms with Crippen LogP contribution in [0.2, 0.25) is 0 Å². The summed E-state index contributed by atoms with van der Waals surface area (Å²) < 4.78 is 10.8. The van der Waals surface area contributed by atoms with Crippen molar-refractivity contribution in [2.75, 3.05) is 6.61 Å². The van der Waals surface area contributed by atoms with Crippen molar-refractivity contribution >= 4 is 0 Å². The third-order valence-electron chi connectivity index (χ3n) is 2.48. The number of hydrogen-bond acceptors (Lipinski definition) is 4. The molecule has 0 saturated carbocycles. The molecule has 0 radical (unpaired) electrons. The molecule has 4 nitrogen and oxygen atoms in total. The molecule has 1 fully saturated rings. The van der Waals surface area contributed by atoms with Crippen LogP contribution in [0.5, 0.6) is 0 Å². The molecule has 1 aliphatic rings. The predicted molar refractivity (Wildman–Crippen MR) is 51.8 cm³/mol. The highest BCUT2D eigenvalue weighted by atomic mass is 16.7. The lowest BCUT2D eigenvalue weighted by molar-refractivity contribution is -0.245. The van der Waals surface area contributed by atoms with E-state index >= 15 is 0 Å². The molecule has 2 N–H and O–H groups in total. The number of rotatable bonds is 4. The Hall–Kier alpha value is -0.160. The van der Waals surface area contributed by atoms with Gasteiger partial charge in [0.25, 0.3) is 0 Å². The average Bonchev–Trinajstić information content (AvgIpc) is 2.14. The summed E-state index contributed by atoms with van der Waals surface area (Å²) in [5, 5.41) is 18.9. The molecule has 4 atom stereocenters. The van der Waals surface area contributed by atoms with Gasteiger partial charge < -0.3 is 19.7 Å². The first-order valence-corrected chi connectivity index (χ1v) is 5.28. The summed E-state index contributed by atoms with van der Waals surface area (Å²) >= 11 is 0. The third-order valence-corrected chi connectivity index (χ3v) is 2.48. The van der Waals surface area contributed by atoms with E-state index in [0.717, 1.165) is 12.8 Å². The van der Waals surface area contributed by atoms with Gasteiger partial charge in [0.1, 0.15) is 6.10 Å². The maximum absolute atomic E-state index is 9.47. The standard InChI is InChI=1S/C10H20O4/c1-3-4-5-13-9-6-8(11)10(12)7(2)14-9/h7-12H,3-6H2,1-2H3/t7-,8-,9-,10-/m1/s1. The van der Waals surface area contributed by atoms with Gasteiger partial charge in [0, 0.05) is 13.0 Å². The monoisotopic (exact) mass is 204 g/mol. The van der Waals surface area contributed by atoms with Crippen LogP contribution in [0.4, 0.5) is 0 Å². The van der Waals surface area contributed by atoms with Crippen molar-refractivity contribution in [3.63, 3.8) is 0 Å². The molecule has 1 saturated heterocycles. The van der Waals surface area contributed by atoms with Crippen LogP contribution in [0.3, 0.4) is 0 Å². The Balaban J connectivity index is 2.27. The summed E-state index contributed by atoms with van der Waals surface area (Å²) in [6.45, 7) is 4.48. The van der Waals surface area contributed by atoms with Crippen LogP contribution in [0.1, 0.15) is 33.1 Å². The molecule has 4 heteroatoms. The van der Waals surface area contributed by atoms with E-state index < -0.39 is 12.2 Å². The molecule has 0 aliphatic carbocycles. The minimum atomic E-state index is -0.791. The Morgan fingerprint density at radius 2 is 2.14 bits per heavy atom. The molecule has 84 valence electrons. The van der Waals surface area contributed by atoms with Gasteiger partial charge in [-0.3, -0.25) is 0 Å². The second kappa shape index (κ2) is 5.66. The molecule has 1 heterocycles. The average molecular weight is 204 g/mol. The van der Waals surface area contributed by atoms with Gasteiger partial charge in [-0.1, -0.05) is 13.3 Å². The fourth-order valence-corrected chi connectivity index (χ4v) is 1.49. The van der Waals surface area contributed by atoms with Crippen molar-refractivity contribution in [1.82, 2.24) is 0 Å². The van der Waals surface area contributed by atoms with E-state index in [9.17, 15) is 10.2 Å². The number of aliphatic hydroxyl groups excluding tert-OH is 2. The minimum absolute atomic E-state index is 0.356. The van der Waals surface area contributed by atoms with E-state index in [1.807, 2.05) is 0 Å². The molecule has 1 aliphatic heterocycles. The van der Waals surface area contributed by atoms with Gasteiger partial charge in [-0.15, -0.1) is 0 Å². The zero-order chi connectivity index (χ0) is 10.6. The lowest BCUT2D eigenvalue weighted by atomic mass is 10.0. The Bertz CT molecular complexity index is 150. The van der Waals surface area contributed by atoms with Crippen LogP contribution in [-0.2, 0) is 9.47 Å². The van der Waals surface area contributed by atoms with Crippen LogP contribution in [0.15, 0.2) is 0 Å². The maximum Gasteiger partial charge on any atom is 0.160 e. The summed E-state index contributed by atoms with van der Waals surface area (Å²) in [5.74, 6) is 0. The number of aliphatic hydroxyl groups is 2. The van der Waals surface area contributed by atoms with Crippen LogP contribution in [0, 0.1) is 0 Å². The Kier molecular flexibility index (Phi) is 4.81. The third kappa shape index (κ3) is 3.20. The second-order valence-electron chi connectivity index (χ2n) is 3.79. The number of hydrogen-bond donors (Lipinski definition) is 2. The van der Waals surface area contributed by atoms with E-state index in [0.29, 0.717) is 13.0 Å². The summed E-state index contributed by atoms with van der Waals surface area (Å²) in [5.41, 5.74) is 0. The van der Waals surface area contributed by atoms with Gasteiger partial charge in [0.15, 0.2) is 6.29 Å². The second-order valence-corrected chi connectivity index (χ2v) is 3.79. The van der Waals surface area contributed by atoms with Gasteiger partial charge in [-0.25, -0.2) is 0 Å². The lowest BCUT2D eigenvalue weighted by Crippen LogP contribution is -2.47. The SMILES string of the molecule is CCCCO[C@H]1C[C@@H](O)[C@H](O)[C@@H](C)O1. The van der Waals surface area contributed by atoms with Gasteiger partial charge >= 0.3 is 0 Å². The van der Waals surface area contributed by atoms with Crippen molar-refractivity contribution in [1.29, 1.82) is 0 Å². The normalized spacial score (nSPS) is 38.6. The van der Waals surface area contributed by atoms with E-state index in [1.54, 1.807) is 6.92 Å². The van der Waals surface area contributed by atoms with Crippen LogP contribution >= 0.6 is 0 Å². The molecular formula is C10H20O4. The minimum Gasteiger partial charge on any atom is -0.390 e. The van der Waals surface area contributed by atoms with Crippen molar-refractivity contribution in [3.8, 4) is 0 Å². The largest absolute Gasteiger partial charge is 0.390 e. The first-order chi connectivity index (χ1) is 6.65. The van der Waals surface area contributed by atoms with E-state index in [-0.39, 0.29) is 12.4 Å². The zero-order valence-electron chi connectivity index (χ0n) is 8.85. The van der Waals surface area contributed by atoms with Crippen LogP contribution in [0.25, 0.3) is 0 Å². The molecule has 0 aromatic carbocycles. The summed E-state index contributed by atoms with van der Waals surface area (Å²) in [6, 6.07) is 0. The molecule has 0 spiro atoms. The fourth-order valence-electron chi connectivity index (χ4n) is 1.49. The molecular weight excluding hydrogens is 184 g/mol. The van der Waals surface area contributed by atoms with Crippen LogP contribution in [-0.4, -0.2) is 41.4 Å². The molecule has 0 bridgehead atoms. The van der Waals surface area contributed by atoms with Crippen LogP contribution < -0.4 is 0 Å². The van der Waals surface area contributed by atoms with Gasteiger partial charge in [0.2, 0.25) is 0 Å². The Morgan fingerprint density at radius 3 is 2.71 bits per heavy atom. The maximum atomic E-state index is 9.47. The van der Waals surface area contributed by atoms with Gasteiger partial charge in [0.05, 0.1) is 12.2 Å². The molecule has 0 amide bonds. The van der Waals surface area contributed by atoms with Gasteiger partial charge in [-0.2, -0.15) is 0 Å². The Labute approximate surface area is 84.8 Å². The van der Waals surface area contributed by atoms with Crippen molar-refractivity contribution in [2.45, 2.75) is 57.7 Å². The molecule has 14 heavy (non-hydrogen) atoms. The molecule has 0 unspecified atom stereocenters. The predicted octanol–water partition coefficient (Wildman–Crippen LogP) is 0.660. The summed E-state index contributed by atoms with van der Waals surface area (Å²) in [4.78, 5) is 0. The van der Waals surface area contributed by atoms with E-state index in [2.05, 4.69) is 6.92 Å². The highest BCUT2D eigenvalue weighted by Crippen LogP contribution is 2.20. The highest BCUT2D eigenvalue weighted by molar-refractivity contribution is 4.79. The van der Waals surface area contributed by atoms with E-state index in [1.165, 1.54) is 0 Å². The first kappa shape index (κ1) is 11.9. The molecule has 0 aromatic rings. The molecule has 1 rings (SSSR count). The quantitative estimate of drug-likeness (QED) is 0.660. The van der Waals surface area contributed by atoms with E-state index in [4.69, 9.17) is 9.47 Å². The molecule has 0 aromatic heterocycles. The van der Waals surface area contributed by atoms with Gasteiger partial charge in [-0.05, 0) is 13.3 Å². The zero-order valence-corrected chi connectivity index (χ0v) is 8.85. The lowest BCUT2D eigenvalue weighted by Gasteiger charge is -2.35. The smallest absolute Gasteiger partial charge is 0.160 e. The summed E-state index contributed by atoms with van der Waals surface area (Å²) in [7, 11) is 0. The first-order valence-electron chi connectivity index (χ1n) is 5.28. The summed E-state index contributed by atoms with van der Waals surface area (Å²) in [6.07, 6.45) is 0.182. The highest BCUT2D eigenvalue weighted by Gasteiger charge is 2.34. The van der Waals surface area contributed by atoms with Crippen molar-refractivity contribution in [2.24, 2.45) is 0 Å². The van der Waals surface area contributed by atoms with Crippen molar-refractivity contribution < 1.29 is 19.7 Å². The topological polar surface area (TPSA) is 58.9 Å². The van der Waals surface area contributed by atoms with Crippen molar-refractivity contribution in [3.05, 3.63) is 0 Å². The number of ether oxygens (including phenoxy) is 2.